The molecule has 4 N–H and O–H groups in total. The Hall–Kier alpha value is -0.770. The number of carbonyl (C=O) groups is 1. The van der Waals surface area contributed by atoms with Gasteiger partial charge in [0.25, 0.3) is 0 Å². The SMILES string of the molecule is NC(=O)O.[OH]. The van der Waals surface area contributed by atoms with Gasteiger partial charge in [0.05, 0.1) is 0 Å². The molecule has 0 fully saturated rings. The van der Waals surface area contributed by atoms with Gasteiger partial charge in [0.15, 0.2) is 0 Å². The van der Waals surface area contributed by atoms with Gasteiger partial charge in [-0.3, -0.25) is 5.48 Å². The molecular formula is CH4NO3. The fraction of sp³-hybridized carbons (Fsp3) is 0. The maximum atomic E-state index is 8.78. The van der Waals surface area contributed by atoms with Gasteiger partial charge in [-0.05, 0) is 0 Å². The standard InChI is InChI=1S/CH3NO2.HO/c2-1(3)4;/h2H2,(H,3,4);1H. The van der Waals surface area contributed by atoms with Crippen molar-refractivity contribution in [1.82, 2.24) is 0 Å². The van der Waals surface area contributed by atoms with Gasteiger partial charge in [-0.25, -0.2) is 4.79 Å². The molecule has 0 saturated carbocycles. The van der Waals surface area contributed by atoms with E-state index in [1.54, 1.807) is 0 Å². The summed E-state index contributed by atoms with van der Waals surface area (Å²) >= 11 is 0. The second-order valence-electron chi connectivity index (χ2n) is 0.338. The fourth-order valence-electron chi connectivity index (χ4n) is 0. The Labute approximate surface area is 28.5 Å². The Morgan fingerprint density at radius 3 is 1.80 bits per heavy atom. The number of hydrogen-bond acceptors (Lipinski definition) is 1. The van der Waals surface area contributed by atoms with E-state index >= 15 is 0 Å². The first-order chi connectivity index (χ1) is 1.73. The molecule has 0 aliphatic carbocycles. The third-order valence-corrected chi connectivity index (χ3v) is 0. The van der Waals surface area contributed by atoms with E-state index in [2.05, 4.69) is 5.73 Å². The molecule has 0 aromatic heterocycles. The summed E-state index contributed by atoms with van der Waals surface area (Å²) < 4.78 is 0. The number of hydrogen-bond donors (Lipinski definition) is 3. The van der Waals surface area contributed by atoms with E-state index in [0.29, 0.717) is 0 Å². The maximum absolute atomic E-state index is 8.78. The third kappa shape index (κ3) is 8.24. The van der Waals surface area contributed by atoms with Gasteiger partial charge in [-0.15, -0.1) is 0 Å². The zero-order chi connectivity index (χ0) is 3.58. The number of nitrogens with two attached hydrogens (primary N) is 1. The van der Waals surface area contributed by atoms with E-state index in [4.69, 9.17) is 9.90 Å². The average molecular weight is 78.0 g/mol. The molecule has 1 amide bonds. The monoisotopic (exact) mass is 78.0 g/mol. The van der Waals surface area contributed by atoms with Crippen LogP contribution in [-0.2, 0) is 0 Å². The normalized spacial score (nSPS) is 4.80. The summed E-state index contributed by atoms with van der Waals surface area (Å²) in [4.78, 5) is 8.78. The fourth-order valence-corrected chi connectivity index (χ4v) is 0. The molecule has 0 aliphatic heterocycles. The highest BCUT2D eigenvalue weighted by atomic mass is 16.4. The summed E-state index contributed by atoms with van der Waals surface area (Å²) in [5.74, 6) is 0. The predicted octanol–water partition coefficient (Wildman–Crippen LogP) is -0.554. The van der Waals surface area contributed by atoms with Gasteiger partial charge < -0.3 is 10.8 Å². The van der Waals surface area contributed by atoms with Crippen molar-refractivity contribution in [1.29, 1.82) is 0 Å². The number of rotatable bonds is 0. The third-order valence-electron chi connectivity index (χ3n) is 0. The average Bonchev–Trinajstić information content (AvgIpc) is 0.811. The molecule has 0 aliphatic rings. The quantitative estimate of drug-likeness (QED) is 0.362. The second-order valence-corrected chi connectivity index (χ2v) is 0.338. The van der Waals surface area contributed by atoms with Crippen LogP contribution < -0.4 is 5.73 Å². The lowest BCUT2D eigenvalue weighted by molar-refractivity contribution is 0.205. The van der Waals surface area contributed by atoms with Crippen molar-refractivity contribution in [3.05, 3.63) is 0 Å². The van der Waals surface area contributed by atoms with E-state index < -0.39 is 6.09 Å². The molecule has 0 aromatic carbocycles. The first-order valence-corrected chi connectivity index (χ1v) is 0.716. The highest BCUT2D eigenvalue weighted by Crippen LogP contribution is 1.34. The van der Waals surface area contributed by atoms with Crippen molar-refractivity contribution >= 4 is 6.09 Å². The van der Waals surface area contributed by atoms with Crippen LogP contribution in [0.2, 0.25) is 0 Å². The summed E-state index contributed by atoms with van der Waals surface area (Å²) in [7, 11) is 0. The van der Waals surface area contributed by atoms with Crippen LogP contribution >= 0.6 is 0 Å². The summed E-state index contributed by atoms with van der Waals surface area (Å²) in [5, 5.41) is 7.19. The van der Waals surface area contributed by atoms with Crippen LogP contribution in [0.4, 0.5) is 4.79 Å². The van der Waals surface area contributed by atoms with Crippen LogP contribution in [-0.4, -0.2) is 16.7 Å². The lowest BCUT2D eigenvalue weighted by Gasteiger charge is -1.61. The van der Waals surface area contributed by atoms with Gasteiger partial charge in [0.1, 0.15) is 0 Å². The lowest BCUT2D eigenvalue weighted by atomic mass is 11.3. The van der Waals surface area contributed by atoms with Crippen molar-refractivity contribution in [2.75, 3.05) is 0 Å². The minimum Gasteiger partial charge on any atom is -0.465 e. The van der Waals surface area contributed by atoms with Crippen molar-refractivity contribution in [2.45, 2.75) is 0 Å². The summed E-state index contributed by atoms with van der Waals surface area (Å²) in [6, 6.07) is 0. The number of amides is 1. The minimum atomic E-state index is -1.33. The zero-order valence-electron chi connectivity index (χ0n) is 2.38. The van der Waals surface area contributed by atoms with Crippen LogP contribution in [0.1, 0.15) is 0 Å². The highest BCUT2D eigenvalue weighted by Gasteiger charge is 1.65. The molecule has 0 atom stereocenters. The smallest absolute Gasteiger partial charge is 0.402 e. The zero-order valence-corrected chi connectivity index (χ0v) is 2.38. The van der Waals surface area contributed by atoms with Gasteiger partial charge >= 0.3 is 6.09 Å². The van der Waals surface area contributed by atoms with Crippen molar-refractivity contribution in [3.8, 4) is 0 Å². The molecule has 0 spiro atoms. The maximum Gasteiger partial charge on any atom is 0.402 e. The van der Waals surface area contributed by atoms with Gasteiger partial charge in [0, 0.05) is 0 Å². The van der Waals surface area contributed by atoms with Gasteiger partial charge in [-0.2, -0.15) is 0 Å². The molecule has 0 saturated heterocycles. The van der Waals surface area contributed by atoms with Crippen LogP contribution in [0.3, 0.4) is 0 Å². The van der Waals surface area contributed by atoms with E-state index in [1.807, 2.05) is 0 Å². The highest BCUT2D eigenvalue weighted by molar-refractivity contribution is 5.61. The molecule has 1 radical (unpaired) electrons. The number of primary amides is 1. The molecule has 0 bridgehead atoms. The first kappa shape index (κ1) is 8.87. The Morgan fingerprint density at radius 1 is 1.80 bits per heavy atom. The van der Waals surface area contributed by atoms with Crippen molar-refractivity contribution < 1.29 is 15.4 Å². The number of carboxylic acid groups (broad SMARTS) is 1. The summed E-state index contributed by atoms with van der Waals surface area (Å²) in [6.07, 6.45) is -1.33. The molecular weight excluding hydrogens is 74.0 g/mol. The van der Waals surface area contributed by atoms with Crippen LogP contribution in [0, 0.1) is 0 Å². The summed E-state index contributed by atoms with van der Waals surface area (Å²) in [6.45, 7) is 0. The molecule has 0 unspecified atom stereocenters. The Kier molecular flexibility index (Phi) is 5.73. The Balaban J connectivity index is 0. The van der Waals surface area contributed by atoms with Crippen LogP contribution in [0.15, 0.2) is 0 Å². The Bertz CT molecular complexity index is 29.9. The molecule has 0 heterocycles. The van der Waals surface area contributed by atoms with E-state index in [9.17, 15) is 0 Å². The molecule has 5 heavy (non-hydrogen) atoms. The van der Waals surface area contributed by atoms with Crippen LogP contribution in [0.25, 0.3) is 0 Å². The van der Waals surface area contributed by atoms with E-state index in [0.717, 1.165) is 0 Å². The molecule has 4 heteroatoms. The Morgan fingerprint density at radius 2 is 1.80 bits per heavy atom. The first-order valence-electron chi connectivity index (χ1n) is 0.716. The minimum absolute atomic E-state index is 0. The topological polar surface area (TPSA) is 93.3 Å². The molecule has 4 nitrogen and oxygen atoms in total. The van der Waals surface area contributed by atoms with Crippen molar-refractivity contribution in [3.63, 3.8) is 0 Å². The van der Waals surface area contributed by atoms with Crippen molar-refractivity contribution in [2.24, 2.45) is 5.73 Å². The second kappa shape index (κ2) is 3.23. The molecule has 31 valence electrons. The lowest BCUT2D eigenvalue weighted by Crippen LogP contribution is -2.03. The van der Waals surface area contributed by atoms with Gasteiger partial charge in [-0.1, -0.05) is 0 Å². The van der Waals surface area contributed by atoms with E-state index in [1.165, 1.54) is 0 Å². The van der Waals surface area contributed by atoms with Crippen LogP contribution in [0.5, 0.6) is 0 Å². The molecule has 0 aromatic rings. The van der Waals surface area contributed by atoms with Gasteiger partial charge in [0.2, 0.25) is 0 Å². The largest absolute Gasteiger partial charge is 0.465 e. The van der Waals surface area contributed by atoms with E-state index in [-0.39, 0.29) is 5.48 Å². The molecule has 0 rings (SSSR count). The summed E-state index contributed by atoms with van der Waals surface area (Å²) in [5.41, 5.74) is 4.03. The predicted molar refractivity (Wildman–Crippen MR) is 14.1 cm³/mol.